The first-order valence-corrected chi connectivity index (χ1v) is 8.75. The molecule has 0 saturated carbocycles. The van der Waals surface area contributed by atoms with Crippen LogP contribution in [0.5, 0.6) is 23.0 Å². The van der Waals surface area contributed by atoms with Gasteiger partial charge in [0, 0.05) is 5.56 Å². The number of methoxy groups -OCH3 is 4. The Labute approximate surface area is 171 Å². The summed E-state index contributed by atoms with van der Waals surface area (Å²) in [5, 5.41) is 4.19. The maximum absolute atomic E-state index is 12.6. The van der Waals surface area contributed by atoms with Crippen LogP contribution in [0.2, 0.25) is 0 Å². The molecule has 0 unspecified atom stereocenters. The molecule has 0 saturated heterocycles. The molecule has 30 heavy (non-hydrogen) atoms. The molecule has 3 rings (SSSR count). The monoisotopic (exact) mass is 412 g/mol. The summed E-state index contributed by atoms with van der Waals surface area (Å²) in [5.41, 5.74) is 2.87. The number of carbonyl (C=O) groups excluding carboxylic acids is 1. The summed E-state index contributed by atoms with van der Waals surface area (Å²) in [5.74, 6) is 1.02. The van der Waals surface area contributed by atoms with Gasteiger partial charge in [0.05, 0.1) is 45.6 Å². The SMILES string of the molecule is COc1ccc2occ(/C=N/NC(=O)c3cc(OC)c(OC)c(OC)c3)c(=O)c2c1. The van der Waals surface area contributed by atoms with Crippen molar-refractivity contribution in [3.05, 3.63) is 57.9 Å². The smallest absolute Gasteiger partial charge is 0.271 e. The molecule has 2 aromatic carbocycles. The fourth-order valence-corrected chi connectivity index (χ4v) is 2.78. The van der Waals surface area contributed by atoms with E-state index in [2.05, 4.69) is 10.5 Å². The van der Waals surface area contributed by atoms with Crippen LogP contribution in [-0.2, 0) is 0 Å². The lowest BCUT2D eigenvalue weighted by molar-refractivity contribution is 0.0954. The molecule has 0 radical (unpaired) electrons. The van der Waals surface area contributed by atoms with E-state index in [1.807, 2.05) is 0 Å². The number of amides is 1. The number of fused-ring (bicyclic) bond motifs is 1. The number of carbonyl (C=O) groups is 1. The van der Waals surface area contributed by atoms with Gasteiger partial charge in [0.2, 0.25) is 11.2 Å². The minimum Gasteiger partial charge on any atom is -0.497 e. The lowest BCUT2D eigenvalue weighted by Crippen LogP contribution is -2.19. The van der Waals surface area contributed by atoms with Crippen molar-refractivity contribution in [1.82, 2.24) is 5.43 Å². The molecule has 1 N–H and O–H groups in total. The normalized spacial score (nSPS) is 10.8. The quantitative estimate of drug-likeness (QED) is 0.469. The Morgan fingerprint density at radius 1 is 1.00 bits per heavy atom. The van der Waals surface area contributed by atoms with E-state index >= 15 is 0 Å². The molecule has 9 nitrogen and oxygen atoms in total. The molecule has 1 heterocycles. The summed E-state index contributed by atoms with van der Waals surface area (Å²) in [6, 6.07) is 7.89. The molecule has 3 aromatic rings. The van der Waals surface area contributed by atoms with Crippen molar-refractivity contribution in [1.29, 1.82) is 0 Å². The fraction of sp³-hybridized carbons (Fsp3) is 0.190. The molecule has 1 aromatic heterocycles. The van der Waals surface area contributed by atoms with E-state index < -0.39 is 5.91 Å². The number of benzene rings is 2. The molecule has 0 spiro atoms. The second-order valence-electron chi connectivity index (χ2n) is 6.00. The highest BCUT2D eigenvalue weighted by Crippen LogP contribution is 2.38. The number of hydrogen-bond acceptors (Lipinski definition) is 8. The summed E-state index contributed by atoms with van der Waals surface area (Å²) >= 11 is 0. The highest BCUT2D eigenvalue weighted by molar-refractivity contribution is 5.96. The zero-order valence-corrected chi connectivity index (χ0v) is 16.8. The molecule has 1 amide bonds. The first kappa shape index (κ1) is 20.7. The van der Waals surface area contributed by atoms with E-state index in [0.717, 1.165) is 0 Å². The van der Waals surface area contributed by atoms with Crippen molar-refractivity contribution in [2.45, 2.75) is 0 Å². The number of nitrogens with zero attached hydrogens (tertiary/aromatic N) is 1. The summed E-state index contributed by atoms with van der Waals surface area (Å²) < 4.78 is 26.3. The number of rotatable bonds is 7. The van der Waals surface area contributed by atoms with Gasteiger partial charge in [0.15, 0.2) is 11.5 Å². The number of nitrogens with one attached hydrogen (secondary N) is 1. The molecule has 0 fully saturated rings. The maximum Gasteiger partial charge on any atom is 0.271 e. The van der Waals surface area contributed by atoms with Crippen LogP contribution in [0.3, 0.4) is 0 Å². The molecule has 156 valence electrons. The zero-order chi connectivity index (χ0) is 21.7. The van der Waals surface area contributed by atoms with Crippen molar-refractivity contribution >= 4 is 23.1 Å². The van der Waals surface area contributed by atoms with Crippen molar-refractivity contribution in [2.75, 3.05) is 28.4 Å². The van der Waals surface area contributed by atoms with Crippen molar-refractivity contribution in [3.8, 4) is 23.0 Å². The molecule has 0 aliphatic heterocycles. The minimum atomic E-state index is -0.530. The lowest BCUT2D eigenvalue weighted by atomic mass is 10.1. The van der Waals surface area contributed by atoms with E-state index in [0.29, 0.717) is 34.0 Å². The largest absolute Gasteiger partial charge is 0.497 e. The van der Waals surface area contributed by atoms with Crippen LogP contribution >= 0.6 is 0 Å². The number of ether oxygens (including phenoxy) is 4. The maximum atomic E-state index is 12.6. The first-order chi connectivity index (χ1) is 14.5. The van der Waals surface area contributed by atoms with Gasteiger partial charge in [0.1, 0.15) is 17.6 Å². The van der Waals surface area contributed by atoms with Gasteiger partial charge in [-0.3, -0.25) is 9.59 Å². The van der Waals surface area contributed by atoms with Crippen LogP contribution in [-0.4, -0.2) is 40.6 Å². The number of hydrogen-bond donors (Lipinski definition) is 1. The molecule has 0 aliphatic rings. The second-order valence-corrected chi connectivity index (χ2v) is 6.00. The Hall–Kier alpha value is -4.01. The third kappa shape index (κ3) is 4.04. The first-order valence-electron chi connectivity index (χ1n) is 8.75. The predicted molar refractivity (Wildman–Crippen MR) is 110 cm³/mol. The summed E-state index contributed by atoms with van der Waals surface area (Å²) in [6.07, 6.45) is 2.48. The van der Waals surface area contributed by atoms with Crippen molar-refractivity contribution in [2.24, 2.45) is 5.10 Å². The average molecular weight is 412 g/mol. The Morgan fingerprint density at radius 2 is 1.70 bits per heavy atom. The molecular formula is C21H20N2O7. The van der Waals surface area contributed by atoms with Crippen LogP contribution in [0.15, 0.2) is 50.9 Å². The van der Waals surface area contributed by atoms with Gasteiger partial charge in [-0.25, -0.2) is 5.43 Å². The van der Waals surface area contributed by atoms with E-state index in [1.54, 1.807) is 18.2 Å². The summed E-state index contributed by atoms with van der Waals surface area (Å²) in [6.45, 7) is 0. The van der Waals surface area contributed by atoms with Gasteiger partial charge >= 0.3 is 0 Å². The van der Waals surface area contributed by atoms with Crippen molar-refractivity contribution in [3.63, 3.8) is 0 Å². The minimum absolute atomic E-state index is 0.168. The highest BCUT2D eigenvalue weighted by Gasteiger charge is 2.16. The van der Waals surface area contributed by atoms with E-state index in [-0.39, 0.29) is 16.6 Å². The molecule has 0 bridgehead atoms. The topological polar surface area (TPSA) is 109 Å². The van der Waals surface area contributed by atoms with Gasteiger partial charge in [0.25, 0.3) is 5.91 Å². The van der Waals surface area contributed by atoms with E-state index in [4.69, 9.17) is 23.4 Å². The lowest BCUT2D eigenvalue weighted by Gasteiger charge is -2.13. The van der Waals surface area contributed by atoms with Gasteiger partial charge < -0.3 is 23.4 Å². The highest BCUT2D eigenvalue weighted by atomic mass is 16.5. The molecule has 0 aliphatic carbocycles. The van der Waals surface area contributed by atoms with Crippen LogP contribution in [0.4, 0.5) is 0 Å². The van der Waals surface area contributed by atoms with Crippen LogP contribution < -0.4 is 29.8 Å². The van der Waals surface area contributed by atoms with E-state index in [1.165, 1.54) is 53.0 Å². The standard InChI is InChI=1S/C21H20N2O7/c1-26-14-5-6-16-15(9-14)19(24)13(11-30-16)10-22-23-21(25)12-7-17(27-2)20(29-4)18(8-12)28-3/h5-11H,1-4H3,(H,23,25)/b22-10+. The zero-order valence-electron chi connectivity index (χ0n) is 16.8. The number of hydrazone groups is 1. The van der Waals surface area contributed by atoms with Crippen LogP contribution in [0.25, 0.3) is 11.0 Å². The Balaban J connectivity index is 1.84. The molecule has 9 heteroatoms. The van der Waals surface area contributed by atoms with Gasteiger partial charge in [-0.2, -0.15) is 5.10 Å². The Morgan fingerprint density at radius 3 is 2.30 bits per heavy atom. The summed E-state index contributed by atoms with van der Waals surface area (Å²) in [7, 11) is 5.87. The Bertz CT molecular complexity index is 1140. The van der Waals surface area contributed by atoms with Crippen LogP contribution in [0.1, 0.15) is 15.9 Å². The summed E-state index contributed by atoms with van der Waals surface area (Å²) in [4.78, 5) is 25.1. The van der Waals surface area contributed by atoms with Crippen LogP contribution in [0, 0.1) is 0 Å². The fourth-order valence-electron chi connectivity index (χ4n) is 2.78. The predicted octanol–water partition coefficient (Wildman–Crippen LogP) is 2.59. The molecular weight excluding hydrogens is 392 g/mol. The van der Waals surface area contributed by atoms with Crippen molar-refractivity contribution < 1.29 is 28.2 Å². The second kappa shape index (κ2) is 8.99. The molecule has 0 atom stereocenters. The Kier molecular flexibility index (Phi) is 6.21. The third-order valence-corrected chi connectivity index (χ3v) is 4.30. The van der Waals surface area contributed by atoms with Gasteiger partial charge in [-0.1, -0.05) is 0 Å². The van der Waals surface area contributed by atoms with E-state index in [9.17, 15) is 9.59 Å². The van der Waals surface area contributed by atoms with Gasteiger partial charge in [-0.05, 0) is 30.3 Å². The average Bonchev–Trinajstić information content (AvgIpc) is 2.79. The third-order valence-electron chi connectivity index (χ3n) is 4.30. The van der Waals surface area contributed by atoms with Gasteiger partial charge in [-0.15, -0.1) is 0 Å².